The number of urea groups is 1. The van der Waals surface area contributed by atoms with Crippen LogP contribution in [0.1, 0.15) is 16.7 Å². The fraction of sp³-hybridized carbons (Fsp3) is 0.176. The van der Waals surface area contributed by atoms with Gasteiger partial charge in [0.2, 0.25) is 0 Å². The monoisotopic (exact) mass is 345 g/mol. The molecule has 2 aromatic rings. The molecule has 6 heteroatoms. The number of nitrogens with one attached hydrogen (secondary N) is 1. The van der Waals surface area contributed by atoms with Crippen molar-refractivity contribution in [2.75, 3.05) is 11.9 Å². The number of fused-ring (bicyclic) bond motifs is 1. The molecule has 4 nitrogen and oxygen atoms in total. The van der Waals surface area contributed by atoms with Gasteiger partial charge in [-0.1, -0.05) is 29.3 Å². The van der Waals surface area contributed by atoms with Crippen LogP contribution in [0.5, 0.6) is 0 Å². The normalized spacial score (nSPS) is 13.2. The van der Waals surface area contributed by atoms with Crippen LogP contribution in [-0.2, 0) is 13.0 Å². The van der Waals surface area contributed by atoms with Crippen molar-refractivity contribution in [1.82, 2.24) is 4.90 Å². The van der Waals surface area contributed by atoms with Crippen molar-refractivity contribution in [2.45, 2.75) is 13.0 Å². The lowest BCUT2D eigenvalue weighted by Gasteiger charge is -2.29. The van der Waals surface area contributed by atoms with Gasteiger partial charge in [-0.05, 0) is 47.9 Å². The predicted molar refractivity (Wildman–Crippen MR) is 90.8 cm³/mol. The molecule has 0 bridgehead atoms. The van der Waals surface area contributed by atoms with E-state index in [1.54, 1.807) is 29.2 Å². The zero-order valence-corrected chi connectivity index (χ0v) is 13.7. The molecule has 3 rings (SSSR count). The van der Waals surface area contributed by atoms with Gasteiger partial charge in [0, 0.05) is 18.8 Å². The van der Waals surface area contributed by atoms with Crippen LogP contribution in [0.2, 0.25) is 10.0 Å². The number of anilines is 1. The lowest BCUT2D eigenvalue weighted by molar-refractivity contribution is 0.206. The molecule has 23 heavy (non-hydrogen) atoms. The maximum atomic E-state index is 12.4. The van der Waals surface area contributed by atoms with Gasteiger partial charge >= 0.3 is 6.03 Å². The van der Waals surface area contributed by atoms with Crippen molar-refractivity contribution < 1.29 is 4.79 Å². The van der Waals surface area contributed by atoms with Gasteiger partial charge in [0.05, 0.1) is 21.7 Å². The molecule has 1 aliphatic heterocycles. The highest BCUT2D eigenvalue weighted by Gasteiger charge is 2.21. The third-order valence-electron chi connectivity index (χ3n) is 3.81. The van der Waals surface area contributed by atoms with Gasteiger partial charge in [0.25, 0.3) is 0 Å². The largest absolute Gasteiger partial charge is 0.322 e. The smallest absolute Gasteiger partial charge is 0.320 e. The van der Waals surface area contributed by atoms with E-state index < -0.39 is 0 Å². The van der Waals surface area contributed by atoms with Crippen LogP contribution < -0.4 is 5.32 Å². The van der Waals surface area contributed by atoms with Gasteiger partial charge in [-0.15, -0.1) is 0 Å². The molecule has 0 saturated carbocycles. The number of nitriles is 1. The van der Waals surface area contributed by atoms with Gasteiger partial charge in [-0.2, -0.15) is 5.26 Å². The Hall–Kier alpha value is -2.22. The fourth-order valence-corrected chi connectivity index (χ4v) is 2.87. The summed E-state index contributed by atoms with van der Waals surface area (Å²) in [5, 5.41) is 12.6. The Bertz CT molecular complexity index is 814. The first kappa shape index (κ1) is 15.7. The summed E-state index contributed by atoms with van der Waals surface area (Å²) >= 11 is 11.8. The number of halogens is 2. The molecular weight excluding hydrogens is 333 g/mol. The number of carbonyl (C=O) groups excluding carboxylic acids is 1. The number of benzene rings is 2. The molecule has 116 valence electrons. The van der Waals surface area contributed by atoms with Crippen LogP contribution >= 0.6 is 23.2 Å². The van der Waals surface area contributed by atoms with Crippen LogP contribution in [0.3, 0.4) is 0 Å². The summed E-state index contributed by atoms with van der Waals surface area (Å²) in [6.07, 6.45) is 0.736. The average Bonchev–Trinajstić information content (AvgIpc) is 2.57. The third kappa shape index (κ3) is 3.42. The van der Waals surface area contributed by atoms with Gasteiger partial charge in [-0.3, -0.25) is 0 Å². The SMILES string of the molecule is N#Cc1ccc2c(c1)CCN(C(=O)Nc1ccc(Cl)c(Cl)c1)C2. The Morgan fingerprint density at radius 2 is 1.96 bits per heavy atom. The molecule has 2 amide bonds. The average molecular weight is 346 g/mol. The van der Waals surface area contributed by atoms with Crippen LogP contribution in [-0.4, -0.2) is 17.5 Å². The number of hydrogen-bond acceptors (Lipinski definition) is 2. The molecule has 0 atom stereocenters. The summed E-state index contributed by atoms with van der Waals surface area (Å²) in [4.78, 5) is 14.1. The summed E-state index contributed by atoms with van der Waals surface area (Å²) in [6, 6.07) is 12.5. The van der Waals surface area contributed by atoms with Crippen LogP contribution in [0.15, 0.2) is 36.4 Å². The van der Waals surface area contributed by atoms with Crippen molar-refractivity contribution in [2.24, 2.45) is 0 Å². The summed E-state index contributed by atoms with van der Waals surface area (Å²) in [5.41, 5.74) is 3.45. The molecule has 0 fully saturated rings. The molecule has 1 heterocycles. The number of amides is 2. The van der Waals surface area contributed by atoms with E-state index in [-0.39, 0.29) is 6.03 Å². The first-order chi connectivity index (χ1) is 11.1. The molecule has 1 N–H and O–H groups in total. The first-order valence-corrected chi connectivity index (χ1v) is 7.85. The van der Waals surface area contributed by atoms with E-state index in [1.165, 1.54) is 0 Å². The summed E-state index contributed by atoms with van der Waals surface area (Å²) in [5.74, 6) is 0. The highest BCUT2D eigenvalue weighted by atomic mass is 35.5. The van der Waals surface area contributed by atoms with Crippen LogP contribution in [0.4, 0.5) is 10.5 Å². The number of rotatable bonds is 1. The second-order valence-corrected chi connectivity index (χ2v) is 6.14. The van der Waals surface area contributed by atoms with Gasteiger partial charge in [-0.25, -0.2) is 4.79 Å². The minimum Gasteiger partial charge on any atom is -0.320 e. The number of nitrogens with zero attached hydrogens (tertiary/aromatic N) is 2. The molecule has 0 spiro atoms. The Labute approximate surface area is 144 Å². The van der Waals surface area contributed by atoms with Crippen molar-refractivity contribution in [3.05, 3.63) is 63.1 Å². The highest BCUT2D eigenvalue weighted by Crippen LogP contribution is 2.26. The van der Waals surface area contributed by atoms with Crippen molar-refractivity contribution in [1.29, 1.82) is 5.26 Å². The zero-order valence-electron chi connectivity index (χ0n) is 12.1. The predicted octanol–water partition coefficient (Wildman–Crippen LogP) is 4.46. The Kier molecular flexibility index (Phi) is 4.42. The van der Waals surface area contributed by atoms with Gasteiger partial charge < -0.3 is 10.2 Å². The second kappa shape index (κ2) is 6.49. The van der Waals surface area contributed by atoms with Crippen molar-refractivity contribution in [3.63, 3.8) is 0 Å². The van der Waals surface area contributed by atoms with E-state index in [2.05, 4.69) is 11.4 Å². The maximum Gasteiger partial charge on any atom is 0.322 e. The van der Waals surface area contributed by atoms with Crippen molar-refractivity contribution >= 4 is 34.9 Å². The molecule has 1 aliphatic rings. The highest BCUT2D eigenvalue weighted by molar-refractivity contribution is 6.42. The molecule has 2 aromatic carbocycles. The molecular formula is C17H13Cl2N3O. The van der Waals surface area contributed by atoms with E-state index in [1.807, 2.05) is 12.1 Å². The van der Waals surface area contributed by atoms with E-state index >= 15 is 0 Å². The molecule has 0 aliphatic carbocycles. The van der Waals surface area contributed by atoms with Gasteiger partial charge in [0.1, 0.15) is 0 Å². The quantitative estimate of drug-likeness (QED) is 0.829. The molecule has 0 unspecified atom stereocenters. The molecule has 0 saturated heterocycles. The lowest BCUT2D eigenvalue weighted by Crippen LogP contribution is -2.38. The topological polar surface area (TPSA) is 56.1 Å². The number of hydrogen-bond donors (Lipinski definition) is 1. The van der Waals surface area contributed by atoms with Crippen LogP contribution in [0, 0.1) is 11.3 Å². The van der Waals surface area contributed by atoms with E-state index in [4.69, 9.17) is 28.5 Å². The first-order valence-electron chi connectivity index (χ1n) is 7.09. The summed E-state index contributed by atoms with van der Waals surface area (Å²) in [6.45, 7) is 1.13. The second-order valence-electron chi connectivity index (χ2n) is 5.33. The molecule has 0 aromatic heterocycles. The summed E-state index contributed by atoms with van der Waals surface area (Å²) in [7, 11) is 0. The Morgan fingerprint density at radius 1 is 1.13 bits per heavy atom. The van der Waals surface area contributed by atoms with Crippen LogP contribution in [0.25, 0.3) is 0 Å². The zero-order chi connectivity index (χ0) is 16.4. The third-order valence-corrected chi connectivity index (χ3v) is 4.54. The fourth-order valence-electron chi connectivity index (χ4n) is 2.57. The molecule has 0 radical (unpaired) electrons. The number of carbonyl (C=O) groups is 1. The lowest BCUT2D eigenvalue weighted by atomic mass is 9.98. The standard InChI is InChI=1S/C17H13Cl2N3O/c18-15-4-3-14(8-16(15)19)21-17(23)22-6-5-12-7-11(9-20)1-2-13(12)10-22/h1-4,7-8H,5-6,10H2,(H,21,23). The van der Waals surface area contributed by atoms with Gasteiger partial charge in [0.15, 0.2) is 0 Å². The minimum absolute atomic E-state index is 0.182. The van der Waals surface area contributed by atoms with E-state index in [0.29, 0.717) is 34.4 Å². The maximum absolute atomic E-state index is 12.4. The van der Waals surface area contributed by atoms with E-state index in [9.17, 15) is 4.79 Å². The Balaban J connectivity index is 1.71. The minimum atomic E-state index is -0.182. The summed E-state index contributed by atoms with van der Waals surface area (Å²) < 4.78 is 0. The Morgan fingerprint density at radius 3 is 2.70 bits per heavy atom. The van der Waals surface area contributed by atoms with E-state index in [0.717, 1.165) is 17.5 Å². The van der Waals surface area contributed by atoms with Crippen molar-refractivity contribution in [3.8, 4) is 6.07 Å².